The molecule has 0 atom stereocenters. The zero-order valence-corrected chi connectivity index (χ0v) is 20.2. The average molecular weight is 472 g/mol. The van der Waals surface area contributed by atoms with E-state index in [0.29, 0.717) is 16.5 Å². The summed E-state index contributed by atoms with van der Waals surface area (Å²) < 4.78 is 7.82. The van der Waals surface area contributed by atoms with Gasteiger partial charge >= 0.3 is 5.97 Å². The molecule has 1 aliphatic heterocycles. The first kappa shape index (κ1) is 22.4. The highest BCUT2D eigenvalue weighted by Crippen LogP contribution is 2.43. The third-order valence-corrected chi connectivity index (χ3v) is 8.09. The van der Waals surface area contributed by atoms with Gasteiger partial charge in [0.25, 0.3) is 0 Å². The van der Waals surface area contributed by atoms with Gasteiger partial charge in [-0.3, -0.25) is 0 Å². The SMILES string of the molecule is CCOC(=O)c1sc(-c2ccc(Cl)cc2)c(C)c1-c1ccc(SN2CCCCC2)cc1. The largest absolute Gasteiger partial charge is 0.462 e. The molecule has 0 amide bonds. The molecule has 0 spiro atoms. The molecular formula is C25H26ClNO2S2. The molecule has 2 aromatic carbocycles. The highest BCUT2D eigenvalue weighted by molar-refractivity contribution is 7.97. The summed E-state index contributed by atoms with van der Waals surface area (Å²) in [6.45, 7) is 6.57. The minimum atomic E-state index is -0.266. The number of thiophene rings is 1. The Labute approximate surface area is 197 Å². The first-order valence-electron chi connectivity index (χ1n) is 10.7. The van der Waals surface area contributed by atoms with Crippen LogP contribution in [-0.2, 0) is 4.74 Å². The maximum absolute atomic E-state index is 12.8. The molecule has 1 saturated heterocycles. The molecule has 1 aliphatic rings. The average Bonchev–Trinajstić information content (AvgIpc) is 3.13. The molecule has 0 radical (unpaired) electrons. The summed E-state index contributed by atoms with van der Waals surface area (Å²) in [4.78, 5) is 15.7. The molecule has 31 heavy (non-hydrogen) atoms. The maximum Gasteiger partial charge on any atom is 0.348 e. The van der Waals surface area contributed by atoms with E-state index in [9.17, 15) is 4.79 Å². The van der Waals surface area contributed by atoms with Gasteiger partial charge in [0.2, 0.25) is 0 Å². The molecule has 3 aromatic rings. The fourth-order valence-corrected chi connectivity index (χ4v) is 6.22. The standard InChI is InChI=1S/C25H26ClNO2S2/c1-3-29-25(28)24-22(17(2)23(30-24)19-7-11-20(26)12-8-19)18-9-13-21(14-10-18)31-27-15-5-4-6-16-27/h7-14H,3-6,15-16H2,1-2H3. The predicted molar refractivity (Wildman–Crippen MR) is 132 cm³/mol. The number of nitrogens with zero attached hydrogens (tertiary/aromatic N) is 1. The Kier molecular flexibility index (Phi) is 7.39. The molecule has 3 nitrogen and oxygen atoms in total. The van der Waals surface area contributed by atoms with Crippen molar-refractivity contribution in [2.45, 2.75) is 38.0 Å². The molecule has 162 valence electrons. The fraction of sp³-hybridized carbons (Fsp3) is 0.320. The number of piperidine rings is 1. The van der Waals surface area contributed by atoms with Crippen molar-refractivity contribution in [3.05, 3.63) is 64.0 Å². The van der Waals surface area contributed by atoms with Crippen molar-refractivity contribution in [1.82, 2.24) is 4.31 Å². The Balaban J connectivity index is 1.68. The van der Waals surface area contributed by atoms with Crippen LogP contribution in [0.1, 0.15) is 41.4 Å². The van der Waals surface area contributed by atoms with E-state index in [1.165, 1.54) is 35.5 Å². The Morgan fingerprint density at radius 2 is 1.68 bits per heavy atom. The molecule has 0 aliphatic carbocycles. The Bertz CT molecular complexity index is 1040. The molecule has 4 rings (SSSR count). The number of carbonyl (C=O) groups is 1. The number of benzene rings is 2. The molecule has 0 saturated carbocycles. The second-order valence-electron chi connectivity index (χ2n) is 7.59. The van der Waals surface area contributed by atoms with Crippen molar-refractivity contribution in [2.24, 2.45) is 0 Å². The summed E-state index contributed by atoms with van der Waals surface area (Å²) >= 11 is 9.39. The van der Waals surface area contributed by atoms with Crippen LogP contribution < -0.4 is 0 Å². The van der Waals surface area contributed by atoms with Gasteiger partial charge in [0, 0.05) is 33.4 Å². The number of carbonyl (C=O) groups excluding carboxylic acids is 1. The van der Waals surface area contributed by atoms with Crippen LogP contribution in [0.15, 0.2) is 53.4 Å². The first-order chi connectivity index (χ1) is 15.1. The van der Waals surface area contributed by atoms with E-state index < -0.39 is 0 Å². The van der Waals surface area contributed by atoms with E-state index >= 15 is 0 Å². The van der Waals surface area contributed by atoms with E-state index in [-0.39, 0.29) is 5.97 Å². The first-order valence-corrected chi connectivity index (χ1v) is 12.6. The fourth-order valence-electron chi connectivity index (χ4n) is 3.87. The summed E-state index contributed by atoms with van der Waals surface area (Å²) in [6, 6.07) is 16.3. The lowest BCUT2D eigenvalue weighted by Gasteiger charge is -2.25. The van der Waals surface area contributed by atoms with Crippen LogP contribution in [0.5, 0.6) is 0 Å². The second kappa shape index (κ2) is 10.2. The highest BCUT2D eigenvalue weighted by Gasteiger charge is 2.23. The minimum Gasteiger partial charge on any atom is -0.462 e. The van der Waals surface area contributed by atoms with Gasteiger partial charge in [0.15, 0.2) is 0 Å². The second-order valence-corrected chi connectivity index (χ2v) is 10.2. The lowest BCUT2D eigenvalue weighted by Crippen LogP contribution is -2.22. The predicted octanol–water partition coefficient (Wildman–Crippen LogP) is 7.71. The zero-order chi connectivity index (χ0) is 21.8. The van der Waals surface area contributed by atoms with Gasteiger partial charge in [-0.1, -0.05) is 42.3 Å². The van der Waals surface area contributed by atoms with Crippen LogP contribution in [0, 0.1) is 6.92 Å². The van der Waals surface area contributed by atoms with E-state index in [4.69, 9.17) is 16.3 Å². The molecule has 0 bridgehead atoms. The van der Waals surface area contributed by atoms with Crippen LogP contribution in [0.3, 0.4) is 0 Å². The highest BCUT2D eigenvalue weighted by atomic mass is 35.5. The maximum atomic E-state index is 12.8. The van der Waals surface area contributed by atoms with E-state index in [0.717, 1.165) is 40.2 Å². The van der Waals surface area contributed by atoms with Gasteiger partial charge in [-0.25, -0.2) is 9.10 Å². The van der Waals surface area contributed by atoms with Crippen molar-refractivity contribution < 1.29 is 9.53 Å². The van der Waals surface area contributed by atoms with Crippen molar-refractivity contribution >= 4 is 40.9 Å². The molecule has 1 aromatic heterocycles. The lowest BCUT2D eigenvalue weighted by atomic mass is 9.99. The molecule has 1 fully saturated rings. The van der Waals surface area contributed by atoms with Gasteiger partial charge in [0.05, 0.1) is 6.61 Å². The molecule has 0 N–H and O–H groups in total. The third-order valence-electron chi connectivity index (χ3n) is 5.41. The summed E-state index contributed by atoms with van der Waals surface area (Å²) in [5.41, 5.74) is 4.15. The lowest BCUT2D eigenvalue weighted by molar-refractivity contribution is 0.0533. The number of halogens is 1. The topological polar surface area (TPSA) is 29.5 Å². The summed E-state index contributed by atoms with van der Waals surface area (Å²) in [5, 5.41) is 0.700. The summed E-state index contributed by atoms with van der Waals surface area (Å²) in [7, 11) is 0. The van der Waals surface area contributed by atoms with Crippen molar-refractivity contribution in [3.8, 4) is 21.6 Å². The normalized spacial score (nSPS) is 14.5. The van der Waals surface area contributed by atoms with Crippen LogP contribution in [0.25, 0.3) is 21.6 Å². The zero-order valence-electron chi connectivity index (χ0n) is 17.8. The Morgan fingerprint density at radius 1 is 1.03 bits per heavy atom. The molecular weight excluding hydrogens is 446 g/mol. The number of rotatable bonds is 6. The summed E-state index contributed by atoms with van der Waals surface area (Å²) in [5.74, 6) is -0.266. The van der Waals surface area contributed by atoms with Crippen LogP contribution in [0.4, 0.5) is 0 Å². The Hall–Kier alpha value is -1.79. The summed E-state index contributed by atoms with van der Waals surface area (Å²) in [6.07, 6.45) is 3.88. The van der Waals surface area contributed by atoms with E-state index in [1.54, 1.807) is 0 Å². The van der Waals surface area contributed by atoms with Gasteiger partial charge in [-0.05, 0) is 79.6 Å². The molecule has 0 unspecified atom stereocenters. The molecule has 2 heterocycles. The monoisotopic (exact) mass is 471 g/mol. The van der Waals surface area contributed by atoms with Crippen LogP contribution >= 0.6 is 34.9 Å². The van der Waals surface area contributed by atoms with Crippen molar-refractivity contribution in [3.63, 3.8) is 0 Å². The van der Waals surface area contributed by atoms with Crippen molar-refractivity contribution in [2.75, 3.05) is 19.7 Å². The minimum absolute atomic E-state index is 0.266. The smallest absolute Gasteiger partial charge is 0.348 e. The van der Waals surface area contributed by atoms with Crippen molar-refractivity contribution in [1.29, 1.82) is 0 Å². The van der Waals surface area contributed by atoms with Gasteiger partial charge < -0.3 is 4.74 Å². The number of hydrogen-bond donors (Lipinski definition) is 0. The Morgan fingerprint density at radius 3 is 2.32 bits per heavy atom. The quantitative estimate of drug-likeness (QED) is 0.272. The number of hydrogen-bond acceptors (Lipinski definition) is 5. The van der Waals surface area contributed by atoms with E-state index in [2.05, 4.69) is 35.5 Å². The van der Waals surface area contributed by atoms with Gasteiger partial charge in [-0.2, -0.15) is 0 Å². The van der Waals surface area contributed by atoms with Crippen LogP contribution in [-0.4, -0.2) is 30.0 Å². The number of ether oxygens (including phenoxy) is 1. The number of esters is 1. The van der Waals surface area contributed by atoms with E-state index in [1.807, 2.05) is 43.1 Å². The third kappa shape index (κ3) is 5.17. The van der Waals surface area contributed by atoms with Gasteiger partial charge in [-0.15, -0.1) is 11.3 Å². The van der Waals surface area contributed by atoms with Gasteiger partial charge in [0.1, 0.15) is 4.88 Å². The molecule has 6 heteroatoms. The van der Waals surface area contributed by atoms with Crippen LogP contribution in [0.2, 0.25) is 5.02 Å².